The standard InChI is InChI=1S/C22H34N6O2.HI/c1-22(2,3)20-26-19(27-30-20)15-25-21(23-4)24-14-18(28-12-6-7-13-28)16-8-10-17(29-5)11-9-16;/h8-11,18H,6-7,12-15H2,1-5H3,(H2,23,24,25);1H. The van der Waals surface area contributed by atoms with E-state index >= 15 is 0 Å². The van der Waals surface area contributed by atoms with Crippen LogP contribution in [0.1, 0.15) is 56.9 Å². The molecule has 2 N–H and O–H groups in total. The number of hydrogen-bond donors (Lipinski definition) is 2. The summed E-state index contributed by atoms with van der Waals surface area (Å²) in [5.74, 6) is 2.85. The number of nitrogens with zero attached hydrogens (tertiary/aromatic N) is 4. The van der Waals surface area contributed by atoms with Crippen molar-refractivity contribution in [2.24, 2.45) is 4.99 Å². The molecule has 0 saturated carbocycles. The summed E-state index contributed by atoms with van der Waals surface area (Å²) < 4.78 is 10.7. The molecule has 1 aromatic heterocycles. The van der Waals surface area contributed by atoms with E-state index in [0.717, 1.165) is 31.3 Å². The minimum absolute atomic E-state index is 0. The van der Waals surface area contributed by atoms with Gasteiger partial charge in [-0.1, -0.05) is 38.1 Å². The number of aromatic nitrogens is 2. The number of ether oxygens (including phenoxy) is 1. The molecular formula is C22H35IN6O2. The Morgan fingerprint density at radius 2 is 1.87 bits per heavy atom. The molecule has 0 radical (unpaired) electrons. The van der Waals surface area contributed by atoms with E-state index in [2.05, 4.69) is 63.6 Å². The van der Waals surface area contributed by atoms with E-state index < -0.39 is 0 Å². The molecule has 1 aromatic carbocycles. The van der Waals surface area contributed by atoms with Gasteiger partial charge in [-0.2, -0.15) is 4.98 Å². The molecule has 1 saturated heterocycles. The van der Waals surface area contributed by atoms with Gasteiger partial charge in [0.25, 0.3) is 0 Å². The zero-order valence-corrected chi connectivity index (χ0v) is 21.5. The van der Waals surface area contributed by atoms with Crippen LogP contribution in [-0.2, 0) is 12.0 Å². The van der Waals surface area contributed by atoms with E-state index in [1.54, 1.807) is 14.2 Å². The third-order valence-corrected chi connectivity index (χ3v) is 5.29. The summed E-state index contributed by atoms with van der Waals surface area (Å²) in [5, 5.41) is 10.8. The van der Waals surface area contributed by atoms with Crippen LogP contribution in [0.5, 0.6) is 5.75 Å². The summed E-state index contributed by atoms with van der Waals surface area (Å²) in [5.41, 5.74) is 1.11. The van der Waals surface area contributed by atoms with Gasteiger partial charge in [-0.15, -0.1) is 24.0 Å². The van der Waals surface area contributed by atoms with Gasteiger partial charge in [-0.25, -0.2) is 0 Å². The molecule has 172 valence electrons. The van der Waals surface area contributed by atoms with E-state index in [9.17, 15) is 0 Å². The van der Waals surface area contributed by atoms with Gasteiger partial charge < -0.3 is 19.9 Å². The molecule has 1 fully saturated rings. The first-order valence-corrected chi connectivity index (χ1v) is 10.6. The Bertz CT molecular complexity index is 825. The number of nitrogens with one attached hydrogen (secondary N) is 2. The summed E-state index contributed by atoms with van der Waals surface area (Å²) in [4.78, 5) is 11.3. The number of guanidine groups is 1. The normalized spacial score (nSPS) is 16.0. The third kappa shape index (κ3) is 7.06. The van der Waals surface area contributed by atoms with Gasteiger partial charge in [-0.05, 0) is 43.6 Å². The highest BCUT2D eigenvalue weighted by atomic mass is 127. The number of aliphatic imine (C=N–C) groups is 1. The number of methoxy groups -OCH3 is 1. The summed E-state index contributed by atoms with van der Waals surface area (Å²) in [6, 6.07) is 8.61. The highest BCUT2D eigenvalue weighted by Gasteiger charge is 2.24. The van der Waals surface area contributed by atoms with E-state index in [1.165, 1.54) is 18.4 Å². The van der Waals surface area contributed by atoms with Crippen molar-refractivity contribution < 1.29 is 9.26 Å². The molecule has 0 amide bonds. The molecule has 0 spiro atoms. The summed E-state index contributed by atoms with van der Waals surface area (Å²) >= 11 is 0. The van der Waals surface area contributed by atoms with Crippen LogP contribution in [0, 0.1) is 0 Å². The van der Waals surface area contributed by atoms with Crippen LogP contribution in [0.2, 0.25) is 0 Å². The molecule has 9 heteroatoms. The van der Waals surface area contributed by atoms with Crippen molar-refractivity contribution in [1.29, 1.82) is 0 Å². The van der Waals surface area contributed by atoms with Crippen molar-refractivity contribution >= 4 is 29.9 Å². The monoisotopic (exact) mass is 542 g/mol. The molecule has 1 aliphatic heterocycles. The number of hydrogen-bond acceptors (Lipinski definition) is 6. The molecule has 0 bridgehead atoms. The van der Waals surface area contributed by atoms with Crippen LogP contribution < -0.4 is 15.4 Å². The molecule has 31 heavy (non-hydrogen) atoms. The third-order valence-electron chi connectivity index (χ3n) is 5.29. The lowest BCUT2D eigenvalue weighted by atomic mass is 9.97. The SMILES string of the molecule is CN=C(NCc1noc(C(C)(C)C)n1)NCC(c1ccc(OC)cc1)N1CCCC1.I. The van der Waals surface area contributed by atoms with Crippen molar-refractivity contribution in [1.82, 2.24) is 25.7 Å². The maximum absolute atomic E-state index is 5.36. The van der Waals surface area contributed by atoms with Gasteiger partial charge in [-0.3, -0.25) is 9.89 Å². The number of likely N-dealkylation sites (tertiary alicyclic amines) is 1. The largest absolute Gasteiger partial charge is 0.497 e. The Labute approximate surface area is 202 Å². The van der Waals surface area contributed by atoms with Crippen LogP contribution in [0.4, 0.5) is 0 Å². The molecule has 1 unspecified atom stereocenters. The number of halogens is 1. The highest BCUT2D eigenvalue weighted by Crippen LogP contribution is 2.26. The Morgan fingerprint density at radius 1 is 1.19 bits per heavy atom. The molecular weight excluding hydrogens is 507 g/mol. The van der Waals surface area contributed by atoms with Crippen molar-refractivity contribution in [2.45, 2.75) is 51.6 Å². The minimum Gasteiger partial charge on any atom is -0.497 e. The van der Waals surface area contributed by atoms with Gasteiger partial charge in [0, 0.05) is 19.0 Å². The van der Waals surface area contributed by atoms with Crippen LogP contribution in [0.3, 0.4) is 0 Å². The fourth-order valence-electron chi connectivity index (χ4n) is 3.54. The predicted molar refractivity (Wildman–Crippen MR) is 133 cm³/mol. The Balaban J connectivity index is 0.00000341. The molecule has 2 aromatic rings. The zero-order chi connectivity index (χ0) is 21.6. The second kappa shape index (κ2) is 11.7. The molecule has 2 heterocycles. The minimum atomic E-state index is -0.160. The first-order chi connectivity index (χ1) is 14.4. The fraction of sp³-hybridized carbons (Fsp3) is 0.591. The van der Waals surface area contributed by atoms with Crippen molar-refractivity contribution in [3.8, 4) is 5.75 Å². The average Bonchev–Trinajstić information content (AvgIpc) is 3.43. The number of benzene rings is 1. The van der Waals surface area contributed by atoms with E-state index in [0.29, 0.717) is 18.3 Å². The Morgan fingerprint density at radius 3 is 2.42 bits per heavy atom. The molecule has 1 atom stereocenters. The fourth-order valence-corrected chi connectivity index (χ4v) is 3.54. The Hall–Kier alpha value is -1.88. The van der Waals surface area contributed by atoms with Gasteiger partial charge in [0.15, 0.2) is 11.8 Å². The van der Waals surface area contributed by atoms with Crippen LogP contribution in [-0.4, -0.2) is 54.8 Å². The second-order valence-corrected chi connectivity index (χ2v) is 8.60. The lowest BCUT2D eigenvalue weighted by Gasteiger charge is -2.29. The van der Waals surface area contributed by atoms with Gasteiger partial charge in [0.05, 0.1) is 19.7 Å². The quantitative estimate of drug-likeness (QED) is 0.315. The topological polar surface area (TPSA) is 87.8 Å². The molecule has 1 aliphatic rings. The smallest absolute Gasteiger partial charge is 0.232 e. The van der Waals surface area contributed by atoms with Gasteiger partial charge in [0.1, 0.15) is 5.75 Å². The van der Waals surface area contributed by atoms with E-state index in [1.807, 2.05) is 12.1 Å². The number of rotatable bonds is 7. The lowest BCUT2D eigenvalue weighted by Crippen LogP contribution is -2.42. The van der Waals surface area contributed by atoms with Crippen LogP contribution in [0.15, 0.2) is 33.8 Å². The van der Waals surface area contributed by atoms with Crippen LogP contribution in [0.25, 0.3) is 0 Å². The first-order valence-electron chi connectivity index (χ1n) is 10.6. The van der Waals surface area contributed by atoms with E-state index in [4.69, 9.17) is 9.26 Å². The molecule has 3 rings (SSSR count). The lowest BCUT2D eigenvalue weighted by molar-refractivity contribution is 0.245. The molecule has 8 nitrogen and oxygen atoms in total. The summed E-state index contributed by atoms with van der Waals surface area (Å²) in [6.45, 7) is 9.59. The second-order valence-electron chi connectivity index (χ2n) is 8.60. The summed E-state index contributed by atoms with van der Waals surface area (Å²) in [6.07, 6.45) is 2.49. The van der Waals surface area contributed by atoms with Gasteiger partial charge in [0.2, 0.25) is 5.89 Å². The van der Waals surface area contributed by atoms with E-state index in [-0.39, 0.29) is 35.4 Å². The molecule has 0 aliphatic carbocycles. The van der Waals surface area contributed by atoms with Crippen molar-refractivity contribution in [2.75, 3.05) is 33.8 Å². The zero-order valence-electron chi connectivity index (χ0n) is 19.1. The van der Waals surface area contributed by atoms with Crippen molar-refractivity contribution in [3.05, 3.63) is 41.5 Å². The first kappa shape index (κ1) is 25.4. The summed E-state index contributed by atoms with van der Waals surface area (Å²) in [7, 11) is 3.46. The highest BCUT2D eigenvalue weighted by molar-refractivity contribution is 14.0. The average molecular weight is 542 g/mol. The maximum atomic E-state index is 5.36. The van der Waals surface area contributed by atoms with Gasteiger partial charge >= 0.3 is 0 Å². The Kier molecular flexibility index (Phi) is 9.54. The van der Waals surface area contributed by atoms with Crippen LogP contribution >= 0.6 is 24.0 Å². The predicted octanol–water partition coefficient (Wildman–Crippen LogP) is 3.50. The maximum Gasteiger partial charge on any atom is 0.232 e. The van der Waals surface area contributed by atoms with Crippen molar-refractivity contribution in [3.63, 3.8) is 0 Å².